The Bertz CT molecular complexity index is 735. The zero-order valence-corrected chi connectivity index (χ0v) is 12.8. The molecule has 1 heterocycles. The van der Waals surface area contributed by atoms with Crippen LogP contribution in [0.1, 0.15) is 18.2 Å². The van der Waals surface area contributed by atoms with Crippen molar-refractivity contribution < 1.29 is 4.74 Å². The molecule has 0 aliphatic rings. The molecule has 0 aliphatic carbocycles. The summed E-state index contributed by atoms with van der Waals surface area (Å²) in [6.07, 6.45) is 0.623. The fourth-order valence-corrected chi connectivity index (χ4v) is 2.03. The Morgan fingerprint density at radius 3 is 2.64 bits per heavy atom. The van der Waals surface area contributed by atoms with E-state index >= 15 is 0 Å². The van der Waals surface area contributed by atoms with Crippen LogP contribution in [0.15, 0.2) is 34.1 Å². The minimum atomic E-state index is -0.189. The summed E-state index contributed by atoms with van der Waals surface area (Å²) in [5.41, 5.74) is 7.70. The van der Waals surface area contributed by atoms with Gasteiger partial charge in [-0.15, -0.1) is 0 Å². The molecular formula is C15H19N5O2. The van der Waals surface area contributed by atoms with Crippen LogP contribution < -0.4 is 21.3 Å². The molecule has 0 radical (unpaired) electrons. The second kappa shape index (κ2) is 6.75. The van der Waals surface area contributed by atoms with Crippen LogP contribution in [0.3, 0.4) is 0 Å². The summed E-state index contributed by atoms with van der Waals surface area (Å²) in [6.45, 7) is 3.68. The van der Waals surface area contributed by atoms with E-state index in [1.165, 1.54) is 0 Å². The number of nitrogens with zero attached hydrogens (tertiary/aromatic N) is 2. The lowest BCUT2D eigenvalue weighted by atomic mass is 10.2. The van der Waals surface area contributed by atoms with Gasteiger partial charge in [-0.05, 0) is 37.6 Å². The normalized spacial score (nSPS) is 11.3. The highest BCUT2D eigenvalue weighted by molar-refractivity contribution is 5.93. The van der Waals surface area contributed by atoms with Crippen LogP contribution in [0.25, 0.3) is 0 Å². The summed E-state index contributed by atoms with van der Waals surface area (Å²) in [5, 5.41) is 2.92. The first-order chi connectivity index (χ1) is 10.5. The van der Waals surface area contributed by atoms with Crippen molar-refractivity contribution in [3.63, 3.8) is 0 Å². The van der Waals surface area contributed by atoms with Crippen LogP contribution in [0.4, 0.5) is 11.6 Å². The molecule has 7 nitrogen and oxygen atoms in total. The molecule has 0 bridgehead atoms. The van der Waals surface area contributed by atoms with E-state index in [1.807, 2.05) is 19.1 Å². The highest BCUT2D eigenvalue weighted by Crippen LogP contribution is 2.15. The molecule has 4 N–H and O–H groups in total. The zero-order valence-electron chi connectivity index (χ0n) is 12.8. The number of aromatic amines is 1. The Labute approximate surface area is 128 Å². The van der Waals surface area contributed by atoms with Crippen LogP contribution in [-0.2, 0) is 6.42 Å². The van der Waals surface area contributed by atoms with Gasteiger partial charge in [0.05, 0.1) is 7.11 Å². The number of hydrogen-bond donors (Lipinski definition) is 3. The van der Waals surface area contributed by atoms with Gasteiger partial charge in [0.2, 0.25) is 11.9 Å². The van der Waals surface area contributed by atoms with Crippen molar-refractivity contribution in [2.75, 3.05) is 12.4 Å². The van der Waals surface area contributed by atoms with Crippen LogP contribution in [-0.4, -0.2) is 23.0 Å². The van der Waals surface area contributed by atoms with Crippen molar-refractivity contribution in [2.45, 2.75) is 20.3 Å². The number of guanidine groups is 1. The summed E-state index contributed by atoms with van der Waals surface area (Å²) >= 11 is 0. The first kappa shape index (κ1) is 15.6. The second-order valence-corrected chi connectivity index (χ2v) is 4.66. The zero-order chi connectivity index (χ0) is 16.1. The molecular weight excluding hydrogens is 282 g/mol. The number of benzene rings is 1. The van der Waals surface area contributed by atoms with E-state index in [1.54, 1.807) is 26.2 Å². The Hall–Kier alpha value is -2.83. The third-order valence-corrected chi connectivity index (χ3v) is 3.15. The van der Waals surface area contributed by atoms with Crippen LogP contribution in [0.2, 0.25) is 0 Å². The molecule has 0 saturated carbocycles. The maximum absolute atomic E-state index is 11.9. The Kier molecular flexibility index (Phi) is 4.77. The molecule has 0 unspecified atom stereocenters. The fourth-order valence-electron chi connectivity index (χ4n) is 2.03. The SMILES string of the molecule is CCc1c(C)nc(/N=C(\N)Nc2ccc(OC)cc2)[nH]c1=O. The average Bonchev–Trinajstić information content (AvgIpc) is 2.47. The van der Waals surface area contributed by atoms with Crippen molar-refractivity contribution in [1.82, 2.24) is 9.97 Å². The van der Waals surface area contributed by atoms with Gasteiger partial charge in [-0.3, -0.25) is 9.78 Å². The summed E-state index contributed by atoms with van der Waals surface area (Å²) in [5.74, 6) is 1.06. The molecule has 1 aromatic heterocycles. The monoisotopic (exact) mass is 301 g/mol. The van der Waals surface area contributed by atoms with Gasteiger partial charge in [0, 0.05) is 16.9 Å². The average molecular weight is 301 g/mol. The van der Waals surface area contributed by atoms with E-state index in [9.17, 15) is 4.79 Å². The van der Waals surface area contributed by atoms with E-state index in [-0.39, 0.29) is 17.5 Å². The van der Waals surface area contributed by atoms with Crippen molar-refractivity contribution >= 4 is 17.6 Å². The third-order valence-electron chi connectivity index (χ3n) is 3.15. The lowest BCUT2D eigenvalue weighted by Gasteiger charge is -2.07. The third kappa shape index (κ3) is 3.63. The van der Waals surface area contributed by atoms with E-state index in [0.29, 0.717) is 17.7 Å². The van der Waals surface area contributed by atoms with E-state index in [4.69, 9.17) is 10.5 Å². The number of anilines is 1. The standard InChI is InChI=1S/C15H19N5O2/c1-4-12-9(2)17-15(19-13(12)21)20-14(16)18-10-5-7-11(22-3)8-6-10/h5-8H,4H2,1-3H3,(H4,16,17,18,19,20,21). The molecule has 0 fully saturated rings. The number of nitrogens with one attached hydrogen (secondary N) is 2. The van der Waals surface area contributed by atoms with Gasteiger partial charge in [0.25, 0.3) is 5.56 Å². The predicted molar refractivity (Wildman–Crippen MR) is 86.9 cm³/mol. The van der Waals surface area contributed by atoms with Crippen molar-refractivity contribution in [2.24, 2.45) is 10.7 Å². The molecule has 2 rings (SSSR count). The molecule has 116 valence electrons. The highest BCUT2D eigenvalue weighted by Gasteiger charge is 2.06. The number of rotatable bonds is 4. The van der Waals surface area contributed by atoms with Gasteiger partial charge < -0.3 is 15.8 Å². The van der Waals surface area contributed by atoms with Gasteiger partial charge in [-0.2, -0.15) is 4.99 Å². The molecule has 22 heavy (non-hydrogen) atoms. The summed E-state index contributed by atoms with van der Waals surface area (Å²) in [7, 11) is 1.60. The number of aromatic nitrogens is 2. The summed E-state index contributed by atoms with van der Waals surface area (Å²) in [4.78, 5) is 22.8. The maximum Gasteiger partial charge on any atom is 0.255 e. The Balaban J connectivity index is 2.19. The van der Waals surface area contributed by atoms with Crippen LogP contribution >= 0.6 is 0 Å². The van der Waals surface area contributed by atoms with Crippen molar-refractivity contribution in [1.29, 1.82) is 0 Å². The van der Waals surface area contributed by atoms with Gasteiger partial charge in [-0.25, -0.2) is 4.98 Å². The topological polar surface area (TPSA) is 105 Å². The molecule has 0 spiro atoms. The number of aryl methyl sites for hydroxylation is 1. The van der Waals surface area contributed by atoms with Gasteiger partial charge >= 0.3 is 0 Å². The smallest absolute Gasteiger partial charge is 0.255 e. The summed E-state index contributed by atoms with van der Waals surface area (Å²) < 4.78 is 5.08. The van der Waals surface area contributed by atoms with Crippen LogP contribution in [0.5, 0.6) is 5.75 Å². The van der Waals surface area contributed by atoms with Gasteiger partial charge in [-0.1, -0.05) is 6.92 Å². The number of H-pyrrole nitrogens is 1. The minimum absolute atomic E-state index is 0.136. The second-order valence-electron chi connectivity index (χ2n) is 4.66. The molecule has 1 aromatic carbocycles. The fraction of sp³-hybridized carbons (Fsp3) is 0.267. The maximum atomic E-state index is 11.9. The van der Waals surface area contributed by atoms with E-state index in [2.05, 4.69) is 20.3 Å². The Morgan fingerprint density at radius 1 is 1.41 bits per heavy atom. The largest absolute Gasteiger partial charge is 0.497 e. The molecule has 0 saturated heterocycles. The minimum Gasteiger partial charge on any atom is -0.497 e. The molecule has 7 heteroatoms. The van der Waals surface area contributed by atoms with E-state index in [0.717, 1.165) is 11.4 Å². The molecule has 0 atom stereocenters. The van der Waals surface area contributed by atoms with Gasteiger partial charge in [0.15, 0.2) is 0 Å². The molecule has 0 aliphatic heterocycles. The molecule has 0 amide bonds. The Morgan fingerprint density at radius 2 is 2.09 bits per heavy atom. The molecule has 2 aromatic rings. The number of nitrogens with two attached hydrogens (primary N) is 1. The summed E-state index contributed by atoms with van der Waals surface area (Å²) in [6, 6.07) is 7.22. The lowest BCUT2D eigenvalue weighted by molar-refractivity contribution is 0.415. The first-order valence-corrected chi connectivity index (χ1v) is 6.88. The number of aliphatic imine (C=N–C) groups is 1. The number of ether oxygens (including phenoxy) is 1. The van der Waals surface area contributed by atoms with Crippen molar-refractivity contribution in [3.05, 3.63) is 45.9 Å². The number of methoxy groups -OCH3 is 1. The quantitative estimate of drug-likeness (QED) is 0.589. The highest BCUT2D eigenvalue weighted by atomic mass is 16.5. The first-order valence-electron chi connectivity index (χ1n) is 6.88. The van der Waals surface area contributed by atoms with Gasteiger partial charge in [0.1, 0.15) is 5.75 Å². The predicted octanol–water partition coefficient (Wildman–Crippen LogP) is 1.71. The number of hydrogen-bond acceptors (Lipinski definition) is 4. The lowest BCUT2D eigenvalue weighted by Crippen LogP contribution is -2.23. The van der Waals surface area contributed by atoms with Crippen LogP contribution in [0, 0.1) is 6.92 Å². The van der Waals surface area contributed by atoms with E-state index < -0.39 is 0 Å². The van der Waals surface area contributed by atoms with Crippen molar-refractivity contribution in [3.8, 4) is 5.75 Å².